The summed E-state index contributed by atoms with van der Waals surface area (Å²) in [5.74, 6) is -1.10. The van der Waals surface area contributed by atoms with Crippen LogP contribution >= 0.6 is 0 Å². The molecule has 7 heteroatoms. The predicted molar refractivity (Wildman–Crippen MR) is 60.3 cm³/mol. The Labute approximate surface area is 106 Å². The highest BCUT2D eigenvalue weighted by Crippen LogP contribution is 2.29. The Bertz CT molecular complexity index is 615. The van der Waals surface area contributed by atoms with Crippen molar-refractivity contribution in [3.63, 3.8) is 0 Å². The zero-order valence-electron chi connectivity index (χ0n) is 9.77. The number of aromatic carboxylic acids is 1. The number of alkyl halides is 3. The number of nitrogens with zero attached hydrogens (tertiary/aromatic N) is 2. The van der Waals surface area contributed by atoms with E-state index < -0.39 is 17.8 Å². The highest BCUT2D eigenvalue weighted by atomic mass is 19.4. The van der Waals surface area contributed by atoms with Gasteiger partial charge < -0.3 is 5.11 Å². The van der Waals surface area contributed by atoms with Crippen molar-refractivity contribution in [2.75, 3.05) is 0 Å². The van der Waals surface area contributed by atoms with Crippen molar-refractivity contribution in [2.45, 2.75) is 13.1 Å². The predicted octanol–water partition coefficient (Wildman–Crippen LogP) is 2.90. The summed E-state index contributed by atoms with van der Waals surface area (Å²) in [6.07, 6.45) is -4.50. The second-order valence-electron chi connectivity index (χ2n) is 3.93. The van der Waals surface area contributed by atoms with E-state index in [1.807, 2.05) is 0 Å². The van der Waals surface area contributed by atoms with E-state index in [4.69, 9.17) is 5.11 Å². The van der Waals surface area contributed by atoms with E-state index >= 15 is 0 Å². The van der Waals surface area contributed by atoms with E-state index in [0.717, 1.165) is 10.7 Å². The minimum Gasteiger partial charge on any atom is -0.478 e. The van der Waals surface area contributed by atoms with Gasteiger partial charge in [0.05, 0.1) is 11.3 Å². The van der Waals surface area contributed by atoms with Crippen LogP contribution in [-0.2, 0) is 6.18 Å². The number of aryl methyl sites for hydroxylation is 1. The fourth-order valence-electron chi connectivity index (χ4n) is 1.62. The van der Waals surface area contributed by atoms with Gasteiger partial charge in [0.15, 0.2) is 5.69 Å². The Morgan fingerprint density at radius 2 is 1.84 bits per heavy atom. The molecular formula is C12H9F3N2O2. The van der Waals surface area contributed by atoms with Gasteiger partial charge in [-0.1, -0.05) is 0 Å². The molecule has 1 aromatic carbocycles. The molecule has 1 heterocycles. The van der Waals surface area contributed by atoms with Crippen LogP contribution in [0.3, 0.4) is 0 Å². The number of hydrogen-bond acceptors (Lipinski definition) is 2. The molecule has 1 N–H and O–H groups in total. The Morgan fingerprint density at radius 3 is 2.26 bits per heavy atom. The first kappa shape index (κ1) is 13.1. The maximum Gasteiger partial charge on any atom is 0.435 e. The standard InChI is InChI=1S/C12H9F3N2O2/c1-7-6-10(12(13,14)15)16-17(7)9-4-2-8(3-5-9)11(18)19/h2-6H,1H3,(H,18,19). The smallest absolute Gasteiger partial charge is 0.435 e. The van der Waals surface area contributed by atoms with Crippen LogP contribution in [0.15, 0.2) is 30.3 Å². The molecular weight excluding hydrogens is 261 g/mol. The van der Waals surface area contributed by atoms with Crippen LogP contribution in [-0.4, -0.2) is 20.9 Å². The van der Waals surface area contributed by atoms with Crippen molar-refractivity contribution >= 4 is 5.97 Å². The lowest BCUT2D eigenvalue weighted by Gasteiger charge is -2.05. The Morgan fingerprint density at radius 1 is 1.26 bits per heavy atom. The normalized spacial score (nSPS) is 11.6. The highest BCUT2D eigenvalue weighted by Gasteiger charge is 2.34. The molecule has 0 amide bonds. The average Bonchev–Trinajstić information content (AvgIpc) is 2.71. The molecule has 4 nitrogen and oxygen atoms in total. The third-order valence-corrected chi connectivity index (χ3v) is 2.54. The van der Waals surface area contributed by atoms with Crippen molar-refractivity contribution in [2.24, 2.45) is 0 Å². The summed E-state index contributed by atoms with van der Waals surface area (Å²) in [6.45, 7) is 1.49. The first-order valence-corrected chi connectivity index (χ1v) is 5.26. The fraction of sp³-hybridized carbons (Fsp3) is 0.167. The van der Waals surface area contributed by atoms with Gasteiger partial charge in [-0.15, -0.1) is 0 Å². The molecule has 0 saturated heterocycles. The topological polar surface area (TPSA) is 55.1 Å². The Balaban J connectivity index is 2.42. The van der Waals surface area contributed by atoms with Gasteiger partial charge in [0, 0.05) is 5.69 Å². The highest BCUT2D eigenvalue weighted by molar-refractivity contribution is 5.87. The number of benzene rings is 1. The average molecular weight is 270 g/mol. The quantitative estimate of drug-likeness (QED) is 0.912. The van der Waals surface area contributed by atoms with E-state index in [0.29, 0.717) is 11.4 Å². The Kier molecular flexibility index (Phi) is 3.05. The molecule has 0 saturated carbocycles. The first-order chi connectivity index (χ1) is 8.79. The van der Waals surface area contributed by atoms with E-state index in [1.54, 1.807) is 0 Å². The van der Waals surface area contributed by atoms with Crippen LogP contribution in [0, 0.1) is 6.92 Å². The van der Waals surface area contributed by atoms with Crippen LogP contribution in [0.1, 0.15) is 21.7 Å². The zero-order valence-corrected chi connectivity index (χ0v) is 9.77. The summed E-state index contributed by atoms with van der Waals surface area (Å²) in [4.78, 5) is 10.7. The van der Waals surface area contributed by atoms with Crippen molar-refractivity contribution < 1.29 is 23.1 Å². The molecule has 0 fully saturated rings. The maximum absolute atomic E-state index is 12.5. The minimum absolute atomic E-state index is 0.0598. The van der Waals surface area contributed by atoms with Crippen LogP contribution < -0.4 is 0 Å². The third-order valence-electron chi connectivity index (χ3n) is 2.54. The van der Waals surface area contributed by atoms with Crippen molar-refractivity contribution in [1.29, 1.82) is 0 Å². The minimum atomic E-state index is -4.50. The lowest BCUT2D eigenvalue weighted by atomic mass is 10.2. The molecule has 100 valence electrons. The number of carboxylic acid groups (broad SMARTS) is 1. The van der Waals surface area contributed by atoms with Gasteiger partial charge in [0.25, 0.3) is 0 Å². The molecule has 0 radical (unpaired) electrons. The summed E-state index contributed by atoms with van der Waals surface area (Å²) in [5.41, 5.74) is -0.231. The summed E-state index contributed by atoms with van der Waals surface area (Å²) < 4.78 is 38.7. The van der Waals surface area contributed by atoms with E-state index in [2.05, 4.69) is 5.10 Å². The molecule has 2 rings (SSSR count). The van der Waals surface area contributed by atoms with Crippen molar-refractivity contribution in [3.8, 4) is 5.69 Å². The number of carboxylic acids is 1. The van der Waals surface area contributed by atoms with Crippen LogP contribution in [0.25, 0.3) is 5.69 Å². The summed E-state index contributed by atoms with van der Waals surface area (Å²) in [5, 5.41) is 12.2. The second-order valence-corrected chi connectivity index (χ2v) is 3.93. The zero-order chi connectivity index (χ0) is 14.2. The van der Waals surface area contributed by atoms with E-state index in [9.17, 15) is 18.0 Å². The lowest BCUT2D eigenvalue weighted by molar-refractivity contribution is -0.141. The molecule has 0 bridgehead atoms. The van der Waals surface area contributed by atoms with E-state index in [-0.39, 0.29) is 5.56 Å². The summed E-state index contributed by atoms with van der Waals surface area (Å²) in [6, 6.07) is 6.37. The van der Waals surface area contributed by atoms with Gasteiger partial charge in [0.1, 0.15) is 0 Å². The Hall–Kier alpha value is -2.31. The van der Waals surface area contributed by atoms with Gasteiger partial charge in [-0.2, -0.15) is 18.3 Å². The van der Waals surface area contributed by atoms with Gasteiger partial charge in [-0.25, -0.2) is 9.48 Å². The van der Waals surface area contributed by atoms with Crippen LogP contribution in [0.5, 0.6) is 0 Å². The number of rotatable bonds is 2. The van der Waals surface area contributed by atoms with Crippen molar-refractivity contribution in [1.82, 2.24) is 9.78 Å². The molecule has 0 atom stereocenters. The number of hydrogen-bond donors (Lipinski definition) is 1. The van der Waals surface area contributed by atoms with Gasteiger partial charge in [-0.3, -0.25) is 0 Å². The molecule has 0 aliphatic rings. The van der Waals surface area contributed by atoms with Crippen LogP contribution in [0.4, 0.5) is 13.2 Å². The van der Waals surface area contributed by atoms with Crippen molar-refractivity contribution in [3.05, 3.63) is 47.3 Å². The van der Waals surface area contributed by atoms with Crippen LogP contribution in [0.2, 0.25) is 0 Å². The summed E-state index contributed by atoms with van der Waals surface area (Å²) >= 11 is 0. The summed E-state index contributed by atoms with van der Waals surface area (Å²) in [7, 11) is 0. The van der Waals surface area contributed by atoms with E-state index in [1.165, 1.54) is 31.2 Å². The monoisotopic (exact) mass is 270 g/mol. The second kappa shape index (κ2) is 4.42. The van der Waals surface area contributed by atoms with Gasteiger partial charge in [0.2, 0.25) is 0 Å². The first-order valence-electron chi connectivity index (χ1n) is 5.26. The SMILES string of the molecule is Cc1cc(C(F)(F)F)nn1-c1ccc(C(=O)O)cc1. The van der Waals surface area contributed by atoms with Gasteiger partial charge >= 0.3 is 12.1 Å². The molecule has 0 unspecified atom stereocenters. The molecule has 19 heavy (non-hydrogen) atoms. The molecule has 0 aliphatic heterocycles. The third kappa shape index (κ3) is 2.59. The molecule has 0 spiro atoms. The lowest BCUT2D eigenvalue weighted by Crippen LogP contribution is -2.07. The fourth-order valence-corrected chi connectivity index (χ4v) is 1.62. The molecule has 0 aliphatic carbocycles. The largest absolute Gasteiger partial charge is 0.478 e. The number of halogens is 3. The number of carbonyl (C=O) groups is 1. The molecule has 1 aromatic heterocycles. The molecule has 2 aromatic rings. The maximum atomic E-state index is 12.5. The number of aromatic nitrogens is 2. The van der Waals surface area contributed by atoms with Gasteiger partial charge in [-0.05, 0) is 37.3 Å².